The van der Waals surface area contributed by atoms with E-state index in [0.29, 0.717) is 0 Å². The van der Waals surface area contributed by atoms with Crippen LogP contribution in [0.3, 0.4) is 0 Å². The molecule has 2 heteroatoms. The summed E-state index contributed by atoms with van der Waals surface area (Å²) in [5.41, 5.74) is 2.28. The van der Waals surface area contributed by atoms with Crippen LogP contribution in [0.5, 0.6) is 5.75 Å². The highest BCUT2D eigenvalue weighted by molar-refractivity contribution is 7.80. The van der Waals surface area contributed by atoms with Crippen molar-refractivity contribution in [2.75, 3.05) is 7.11 Å². The summed E-state index contributed by atoms with van der Waals surface area (Å²) in [5, 5.41) is 0. The van der Waals surface area contributed by atoms with E-state index in [4.69, 9.17) is 4.74 Å². The number of benzene rings is 1. The Kier molecular flexibility index (Phi) is 2.45. The molecule has 1 aromatic rings. The molecular weight excluding hydrogens is 156 g/mol. The van der Waals surface area contributed by atoms with Crippen LogP contribution < -0.4 is 4.74 Å². The van der Waals surface area contributed by atoms with E-state index in [-0.39, 0.29) is 0 Å². The molecule has 0 aromatic heterocycles. The van der Waals surface area contributed by atoms with Gasteiger partial charge in [0, 0.05) is 4.90 Å². The summed E-state index contributed by atoms with van der Waals surface area (Å²) in [7, 11) is 1.68. The van der Waals surface area contributed by atoms with Gasteiger partial charge in [-0.25, -0.2) is 0 Å². The first kappa shape index (κ1) is 8.47. The predicted molar refractivity (Wildman–Crippen MR) is 49.7 cm³/mol. The summed E-state index contributed by atoms with van der Waals surface area (Å²) in [6, 6.07) is 4.01. The van der Waals surface area contributed by atoms with Gasteiger partial charge in [0.2, 0.25) is 0 Å². The zero-order valence-electron chi connectivity index (χ0n) is 7.01. The molecule has 0 bridgehead atoms. The van der Waals surface area contributed by atoms with Crippen molar-refractivity contribution in [1.29, 1.82) is 0 Å². The monoisotopic (exact) mass is 168 g/mol. The lowest BCUT2D eigenvalue weighted by atomic mass is 10.1. The maximum atomic E-state index is 5.15. The van der Waals surface area contributed by atoms with Gasteiger partial charge in [-0.2, -0.15) is 0 Å². The van der Waals surface area contributed by atoms with Gasteiger partial charge in [0.15, 0.2) is 0 Å². The minimum Gasteiger partial charge on any atom is -0.496 e. The van der Waals surface area contributed by atoms with Gasteiger partial charge < -0.3 is 4.74 Å². The number of methoxy groups -OCH3 is 1. The van der Waals surface area contributed by atoms with Gasteiger partial charge in [-0.15, -0.1) is 12.6 Å². The van der Waals surface area contributed by atoms with E-state index in [0.717, 1.165) is 21.8 Å². The van der Waals surface area contributed by atoms with Crippen molar-refractivity contribution in [2.24, 2.45) is 0 Å². The first-order valence-corrected chi connectivity index (χ1v) is 3.94. The summed E-state index contributed by atoms with van der Waals surface area (Å²) in [4.78, 5) is 1.02. The number of ether oxygens (including phenoxy) is 1. The van der Waals surface area contributed by atoms with Gasteiger partial charge in [0.05, 0.1) is 7.11 Å². The first-order valence-electron chi connectivity index (χ1n) is 3.49. The fourth-order valence-electron chi connectivity index (χ4n) is 0.994. The molecule has 0 spiro atoms. The van der Waals surface area contributed by atoms with E-state index in [1.165, 1.54) is 0 Å². The minimum atomic E-state index is 0.931. The Bertz CT molecular complexity index is 269. The van der Waals surface area contributed by atoms with Gasteiger partial charge >= 0.3 is 0 Å². The molecule has 0 atom stereocenters. The van der Waals surface area contributed by atoms with Crippen LogP contribution in [-0.2, 0) is 0 Å². The van der Waals surface area contributed by atoms with Crippen LogP contribution in [0.4, 0.5) is 0 Å². The number of aryl methyl sites for hydroxylation is 2. The summed E-state index contributed by atoms with van der Waals surface area (Å²) in [5.74, 6) is 0.931. The van der Waals surface area contributed by atoms with Crippen molar-refractivity contribution >= 4 is 12.6 Å². The maximum absolute atomic E-state index is 5.15. The van der Waals surface area contributed by atoms with E-state index in [2.05, 4.69) is 12.6 Å². The average molecular weight is 168 g/mol. The molecule has 1 nitrogen and oxygen atoms in total. The number of thiol groups is 1. The molecule has 1 rings (SSSR count). The van der Waals surface area contributed by atoms with Crippen molar-refractivity contribution in [3.05, 3.63) is 23.3 Å². The molecule has 0 aliphatic carbocycles. The molecule has 0 aliphatic heterocycles. The minimum absolute atomic E-state index is 0.931. The highest BCUT2D eigenvalue weighted by atomic mass is 32.1. The summed E-state index contributed by atoms with van der Waals surface area (Å²) in [6.07, 6.45) is 0. The second-order valence-corrected chi connectivity index (χ2v) is 3.09. The third kappa shape index (κ3) is 1.69. The standard InChI is InChI=1S/C9H12OS/c1-6-5-9(11)7(2)4-8(6)10-3/h4-5,11H,1-3H3. The van der Waals surface area contributed by atoms with Crippen molar-refractivity contribution in [3.63, 3.8) is 0 Å². The zero-order chi connectivity index (χ0) is 8.43. The average Bonchev–Trinajstić information content (AvgIpc) is 1.97. The molecule has 0 N–H and O–H groups in total. The van der Waals surface area contributed by atoms with Crippen LogP contribution in [0.1, 0.15) is 11.1 Å². The fourth-order valence-corrected chi connectivity index (χ4v) is 1.25. The van der Waals surface area contributed by atoms with E-state index in [9.17, 15) is 0 Å². The maximum Gasteiger partial charge on any atom is 0.122 e. The lowest BCUT2D eigenvalue weighted by Crippen LogP contribution is -1.88. The molecule has 0 amide bonds. The Balaban J connectivity index is 3.21. The molecule has 0 heterocycles. The molecule has 0 saturated heterocycles. The molecule has 0 radical (unpaired) electrons. The molecule has 0 aliphatic rings. The van der Waals surface area contributed by atoms with Crippen LogP contribution in [-0.4, -0.2) is 7.11 Å². The number of hydrogen-bond donors (Lipinski definition) is 1. The van der Waals surface area contributed by atoms with Crippen LogP contribution in [0, 0.1) is 13.8 Å². The van der Waals surface area contributed by atoms with Crippen LogP contribution in [0.2, 0.25) is 0 Å². The van der Waals surface area contributed by atoms with Crippen molar-refractivity contribution in [1.82, 2.24) is 0 Å². The molecule has 0 unspecified atom stereocenters. The lowest BCUT2D eigenvalue weighted by Gasteiger charge is -2.06. The predicted octanol–water partition coefficient (Wildman–Crippen LogP) is 2.60. The molecule has 1 aromatic carbocycles. The highest BCUT2D eigenvalue weighted by Gasteiger charge is 2.00. The van der Waals surface area contributed by atoms with Crippen LogP contribution >= 0.6 is 12.6 Å². The Morgan fingerprint density at radius 1 is 1.18 bits per heavy atom. The zero-order valence-corrected chi connectivity index (χ0v) is 7.90. The SMILES string of the molecule is COc1cc(C)c(S)cc1C. The van der Waals surface area contributed by atoms with Gasteiger partial charge in [-0.1, -0.05) is 0 Å². The van der Waals surface area contributed by atoms with Crippen molar-refractivity contribution < 1.29 is 4.74 Å². The Morgan fingerprint density at radius 3 is 2.36 bits per heavy atom. The quantitative estimate of drug-likeness (QED) is 0.634. The Morgan fingerprint density at radius 2 is 1.82 bits per heavy atom. The number of hydrogen-bond acceptors (Lipinski definition) is 2. The van der Waals surface area contributed by atoms with Crippen molar-refractivity contribution in [3.8, 4) is 5.75 Å². The summed E-state index contributed by atoms with van der Waals surface area (Å²) in [6.45, 7) is 4.03. The molecule has 0 saturated carbocycles. The second kappa shape index (κ2) is 3.18. The van der Waals surface area contributed by atoms with Crippen molar-refractivity contribution in [2.45, 2.75) is 18.7 Å². The smallest absolute Gasteiger partial charge is 0.122 e. The van der Waals surface area contributed by atoms with Gasteiger partial charge in [-0.05, 0) is 37.1 Å². The first-order chi connectivity index (χ1) is 5.15. The molecular formula is C9H12OS. The summed E-state index contributed by atoms with van der Waals surface area (Å²) < 4.78 is 5.15. The van der Waals surface area contributed by atoms with E-state index >= 15 is 0 Å². The Hall–Kier alpha value is -0.630. The Labute approximate surface area is 72.8 Å². The van der Waals surface area contributed by atoms with E-state index in [1.807, 2.05) is 26.0 Å². The second-order valence-electron chi connectivity index (χ2n) is 2.61. The largest absolute Gasteiger partial charge is 0.496 e. The number of rotatable bonds is 1. The van der Waals surface area contributed by atoms with E-state index < -0.39 is 0 Å². The van der Waals surface area contributed by atoms with Gasteiger partial charge in [-0.3, -0.25) is 0 Å². The third-order valence-electron chi connectivity index (χ3n) is 1.71. The third-order valence-corrected chi connectivity index (χ3v) is 2.20. The lowest BCUT2D eigenvalue weighted by molar-refractivity contribution is 0.411. The normalized spacial score (nSPS) is 9.82. The topological polar surface area (TPSA) is 9.23 Å². The molecule has 11 heavy (non-hydrogen) atoms. The molecule has 0 fully saturated rings. The van der Waals surface area contributed by atoms with Crippen LogP contribution in [0.25, 0.3) is 0 Å². The van der Waals surface area contributed by atoms with E-state index in [1.54, 1.807) is 7.11 Å². The van der Waals surface area contributed by atoms with Crippen LogP contribution in [0.15, 0.2) is 17.0 Å². The summed E-state index contributed by atoms with van der Waals surface area (Å²) >= 11 is 4.30. The molecule has 60 valence electrons. The highest BCUT2D eigenvalue weighted by Crippen LogP contribution is 2.24. The van der Waals surface area contributed by atoms with Gasteiger partial charge in [0.25, 0.3) is 0 Å². The fraction of sp³-hybridized carbons (Fsp3) is 0.333. The van der Waals surface area contributed by atoms with Gasteiger partial charge in [0.1, 0.15) is 5.75 Å².